The maximum Gasteiger partial charge on any atom is 0.243 e. The first kappa shape index (κ1) is 19.8. The van der Waals surface area contributed by atoms with Gasteiger partial charge in [-0.1, -0.05) is 17.7 Å². The van der Waals surface area contributed by atoms with Crippen LogP contribution in [-0.4, -0.2) is 57.9 Å². The number of sulfonamides is 1. The van der Waals surface area contributed by atoms with Crippen molar-refractivity contribution in [3.05, 3.63) is 28.8 Å². The smallest absolute Gasteiger partial charge is 0.243 e. The molecular weight excluding hydrogens is 374 g/mol. The highest BCUT2D eigenvalue weighted by molar-refractivity contribution is 7.92. The number of hydrogen-bond acceptors (Lipinski definition) is 5. The third-order valence-electron chi connectivity index (χ3n) is 5.19. The molecule has 0 N–H and O–H groups in total. The van der Waals surface area contributed by atoms with Crippen LogP contribution in [0.15, 0.2) is 17.0 Å². The van der Waals surface area contributed by atoms with E-state index >= 15 is 0 Å². The summed E-state index contributed by atoms with van der Waals surface area (Å²) >= 11 is 0. The Kier molecular flexibility index (Phi) is 5.50. The highest BCUT2D eigenvalue weighted by Crippen LogP contribution is 2.31. The zero-order chi connectivity index (χ0) is 19.1. The predicted molar refractivity (Wildman–Crippen MR) is 101 cm³/mol. The second kappa shape index (κ2) is 7.22. The lowest BCUT2D eigenvalue weighted by Gasteiger charge is -2.30. The number of ether oxygens (including phenoxy) is 1. The molecule has 0 radical (unpaired) electrons. The van der Waals surface area contributed by atoms with Crippen LogP contribution in [0.25, 0.3) is 0 Å². The molecule has 0 spiro atoms. The quantitative estimate of drug-likeness (QED) is 0.753. The standard InChI is InChI=1S/C18H27NO5S2/c1-13-9-14(2)18(15(3)10-13)26(22,23)19(11-17-5-4-7-24-17)16-6-8-25(20,21)12-16/h9-10,16-17H,4-8,11-12H2,1-3H3/t16-,17+/m1/s1. The molecule has 0 aliphatic carbocycles. The van der Waals surface area contributed by atoms with Gasteiger partial charge in [0, 0.05) is 19.2 Å². The van der Waals surface area contributed by atoms with E-state index in [1.165, 1.54) is 4.31 Å². The minimum absolute atomic E-state index is 0.0427. The molecule has 2 aliphatic heterocycles. The molecule has 6 nitrogen and oxygen atoms in total. The highest BCUT2D eigenvalue weighted by Gasteiger charge is 2.41. The van der Waals surface area contributed by atoms with Gasteiger partial charge in [-0.25, -0.2) is 16.8 Å². The van der Waals surface area contributed by atoms with Crippen LogP contribution in [0.1, 0.15) is 36.0 Å². The van der Waals surface area contributed by atoms with Crippen molar-refractivity contribution in [2.24, 2.45) is 0 Å². The minimum Gasteiger partial charge on any atom is -0.377 e. The number of benzene rings is 1. The molecule has 2 atom stereocenters. The van der Waals surface area contributed by atoms with Gasteiger partial charge in [-0.15, -0.1) is 0 Å². The number of nitrogens with zero attached hydrogens (tertiary/aromatic N) is 1. The Bertz CT molecular complexity index is 863. The number of rotatable bonds is 5. The first-order valence-electron chi connectivity index (χ1n) is 9.02. The topological polar surface area (TPSA) is 80.8 Å². The molecule has 0 bridgehead atoms. The highest BCUT2D eigenvalue weighted by atomic mass is 32.2. The van der Waals surface area contributed by atoms with Gasteiger partial charge in [-0.05, 0) is 51.2 Å². The molecule has 1 aromatic carbocycles. The third kappa shape index (κ3) is 3.98. The molecule has 26 heavy (non-hydrogen) atoms. The SMILES string of the molecule is Cc1cc(C)c(S(=O)(=O)N(C[C@@H]2CCCO2)[C@@H]2CCS(=O)(=O)C2)c(C)c1. The predicted octanol–water partition coefficient (Wildman–Crippen LogP) is 1.97. The van der Waals surface area contributed by atoms with Gasteiger partial charge < -0.3 is 4.74 Å². The van der Waals surface area contributed by atoms with Crippen LogP contribution in [0.4, 0.5) is 0 Å². The Labute approximate surface area is 156 Å². The first-order chi connectivity index (χ1) is 12.1. The van der Waals surface area contributed by atoms with Gasteiger partial charge in [0.1, 0.15) is 0 Å². The zero-order valence-electron chi connectivity index (χ0n) is 15.6. The second-order valence-electron chi connectivity index (χ2n) is 7.49. The van der Waals surface area contributed by atoms with E-state index in [9.17, 15) is 16.8 Å². The lowest BCUT2D eigenvalue weighted by Crippen LogP contribution is -2.45. The summed E-state index contributed by atoms with van der Waals surface area (Å²) in [7, 11) is -7.00. The van der Waals surface area contributed by atoms with Gasteiger partial charge in [0.25, 0.3) is 0 Å². The lowest BCUT2D eigenvalue weighted by atomic mass is 10.1. The minimum atomic E-state index is -3.81. The fraction of sp³-hybridized carbons (Fsp3) is 0.667. The van der Waals surface area contributed by atoms with Crippen molar-refractivity contribution in [3.8, 4) is 0 Å². The molecule has 0 amide bonds. The van der Waals surface area contributed by atoms with Crippen LogP contribution in [0.3, 0.4) is 0 Å². The van der Waals surface area contributed by atoms with Gasteiger partial charge in [-0.3, -0.25) is 0 Å². The van der Waals surface area contributed by atoms with E-state index in [1.54, 1.807) is 13.8 Å². The average molecular weight is 402 g/mol. The molecule has 3 rings (SSSR count). The molecule has 1 aromatic rings. The number of sulfone groups is 1. The van der Waals surface area contributed by atoms with E-state index in [2.05, 4.69) is 0 Å². The van der Waals surface area contributed by atoms with E-state index in [4.69, 9.17) is 4.74 Å². The summed E-state index contributed by atoms with van der Waals surface area (Å²) in [6.45, 7) is 6.37. The van der Waals surface area contributed by atoms with E-state index < -0.39 is 25.9 Å². The van der Waals surface area contributed by atoms with E-state index in [0.717, 1.165) is 18.4 Å². The van der Waals surface area contributed by atoms with Crippen molar-refractivity contribution in [1.82, 2.24) is 4.31 Å². The normalized spacial score (nSPS) is 25.8. The van der Waals surface area contributed by atoms with Crippen LogP contribution >= 0.6 is 0 Å². The Balaban J connectivity index is 2.02. The summed E-state index contributed by atoms with van der Waals surface area (Å²) in [5, 5.41) is 0. The molecule has 0 saturated carbocycles. The third-order valence-corrected chi connectivity index (χ3v) is 9.17. The van der Waals surface area contributed by atoms with Crippen molar-refractivity contribution in [1.29, 1.82) is 0 Å². The fourth-order valence-electron chi connectivity index (χ4n) is 4.13. The lowest BCUT2D eigenvalue weighted by molar-refractivity contribution is 0.0876. The van der Waals surface area contributed by atoms with E-state index in [0.29, 0.717) is 29.1 Å². The van der Waals surface area contributed by atoms with Crippen LogP contribution in [0.5, 0.6) is 0 Å². The van der Waals surface area contributed by atoms with Crippen molar-refractivity contribution in [2.75, 3.05) is 24.7 Å². The molecule has 0 unspecified atom stereocenters. The maximum absolute atomic E-state index is 13.5. The van der Waals surface area contributed by atoms with Crippen molar-refractivity contribution in [3.63, 3.8) is 0 Å². The van der Waals surface area contributed by atoms with Gasteiger partial charge in [-0.2, -0.15) is 4.31 Å². The molecule has 8 heteroatoms. The van der Waals surface area contributed by atoms with Crippen molar-refractivity contribution in [2.45, 2.75) is 57.1 Å². The molecule has 146 valence electrons. The van der Waals surface area contributed by atoms with Crippen molar-refractivity contribution < 1.29 is 21.6 Å². The second-order valence-corrected chi connectivity index (χ2v) is 11.6. The molecular formula is C18H27NO5S2. The van der Waals surface area contributed by atoms with Crippen LogP contribution in [0.2, 0.25) is 0 Å². The Morgan fingerprint density at radius 2 is 1.81 bits per heavy atom. The summed E-state index contributed by atoms with van der Waals surface area (Å²) < 4.78 is 58.1. The Hall–Kier alpha value is -0.960. The van der Waals surface area contributed by atoms with Crippen LogP contribution in [0, 0.1) is 20.8 Å². The fourth-order valence-corrected chi connectivity index (χ4v) is 8.05. The average Bonchev–Trinajstić information content (AvgIpc) is 3.12. The van der Waals surface area contributed by atoms with E-state index in [-0.39, 0.29) is 24.2 Å². The van der Waals surface area contributed by atoms with E-state index in [1.807, 2.05) is 19.1 Å². The van der Waals surface area contributed by atoms with Gasteiger partial charge in [0.15, 0.2) is 9.84 Å². The first-order valence-corrected chi connectivity index (χ1v) is 12.3. The number of aryl methyl sites for hydroxylation is 3. The Morgan fingerprint density at radius 3 is 2.31 bits per heavy atom. The number of hydrogen-bond donors (Lipinski definition) is 0. The summed E-state index contributed by atoms with van der Waals surface area (Å²) in [5.41, 5.74) is 2.40. The van der Waals surface area contributed by atoms with Crippen molar-refractivity contribution >= 4 is 19.9 Å². The summed E-state index contributed by atoms with van der Waals surface area (Å²) in [4.78, 5) is 0.297. The molecule has 2 saturated heterocycles. The molecule has 2 aliphatic rings. The largest absolute Gasteiger partial charge is 0.377 e. The van der Waals surface area contributed by atoms with Gasteiger partial charge in [0.2, 0.25) is 10.0 Å². The van der Waals surface area contributed by atoms with Crippen LogP contribution < -0.4 is 0 Å². The molecule has 2 heterocycles. The molecule has 0 aromatic heterocycles. The Morgan fingerprint density at radius 1 is 1.15 bits per heavy atom. The van der Waals surface area contributed by atoms with Gasteiger partial charge in [0.05, 0.1) is 22.5 Å². The maximum atomic E-state index is 13.5. The van der Waals surface area contributed by atoms with Gasteiger partial charge >= 0.3 is 0 Å². The monoisotopic (exact) mass is 401 g/mol. The summed E-state index contributed by atoms with van der Waals surface area (Å²) in [6.07, 6.45) is 1.89. The summed E-state index contributed by atoms with van der Waals surface area (Å²) in [6, 6.07) is 3.19. The van der Waals surface area contributed by atoms with Crippen LogP contribution in [-0.2, 0) is 24.6 Å². The summed E-state index contributed by atoms with van der Waals surface area (Å²) in [5.74, 6) is -0.0655. The zero-order valence-corrected chi connectivity index (χ0v) is 17.2. The molecule has 2 fully saturated rings.